The van der Waals surface area contributed by atoms with E-state index in [9.17, 15) is 13.2 Å². The number of sulfone groups is 1. The molecule has 1 amide bonds. The van der Waals surface area contributed by atoms with Gasteiger partial charge < -0.3 is 10.2 Å². The van der Waals surface area contributed by atoms with E-state index in [-0.39, 0.29) is 16.6 Å². The fourth-order valence-electron chi connectivity index (χ4n) is 2.52. The number of para-hydroxylation sites is 1. The molecule has 0 aromatic heterocycles. The molecule has 1 aromatic rings. The molecule has 5 nitrogen and oxygen atoms in total. The predicted molar refractivity (Wildman–Crippen MR) is 83.1 cm³/mol. The summed E-state index contributed by atoms with van der Waals surface area (Å²) >= 11 is 0. The third kappa shape index (κ3) is 3.56. The van der Waals surface area contributed by atoms with Crippen molar-refractivity contribution in [1.29, 1.82) is 0 Å². The number of nitrogens with one attached hydrogen (secondary N) is 1. The third-order valence-corrected chi connectivity index (χ3v) is 5.55. The number of hydrogen-bond donors (Lipinski definition) is 1. The van der Waals surface area contributed by atoms with Crippen LogP contribution in [0.4, 0.5) is 5.69 Å². The van der Waals surface area contributed by atoms with Gasteiger partial charge in [0.25, 0.3) is 0 Å². The van der Waals surface area contributed by atoms with E-state index in [1.807, 2.05) is 4.90 Å². The van der Waals surface area contributed by atoms with Crippen LogP contribution in [-0.2, 0) is 14.6 Å². The number of hydrogen-bond acceptors (Lipinski definition) is 4. The Morgan fingerprint density at radius 3 is 2.52 bits per heavy atom. The largest absolute Gasteiger partial charge is 0.373 e. The van der Waals surface area contributed by atoms with Crippen molar-refractivity contribution >= 4 is 21.4 Å². The number of amides is 1. The minimum Gasteiger partial charge on any atom is -0.373 e. The molecule has 21 heavy (non-hydrogen) atoms. The zero-order valence-corrected chi connectivity index (χ0v) is 13.3. The topological polar surface area (TPSA) is 66.5 Å². The number of nitrogens with zero attached hydrogens (tertiary/aromatic N) is 1. The van der Waals surface area contributed by atoms with Crippen molar-refractivity contribution in [2.45, 2.75) is 37.6 Å². The van der Waals surface area contributed by atoms with Gasteiger partial charge in [0.05, 0.1) is 16.3 Å². The van der Waals surface area contributed by atoms with Crippen LogP contribution in [0.2, 0.25) is 0 Å². The molecule has 0 aliphatic carbocycles. The quantitative estimate of drug-likeness (QED) is 0.902. The van der Waals surface area contributed by atoms with Gasteiger partial charge in [-0.1, -0.05) is 19.1 Å². The Hall–Kier alpha value is -1.56. The molecule has 116 valence electrons. The van der Waals surface area contributed by atoms with Crippen molar-refractivity contribution in [1.82, 2.24) is 4.90 Å². The summed E-state index contributed by atoms with van der Waals surface area (Å²) in [6, 6.07) is 6.31. The minimum absolute atomic E-state index is 0.0243. The van der Waals surface area contributed by atoms with Crippen LogP contribution in [0.5, 0.6) is 0 Å². The van der Waals surface area contributed by atoms with Gasteiger partial charge in [0, 0.05) is 13.1 Å². The molecule has 0 spiro atoms. The second-order valence-corrected chi connectivity index (χ2v) is 7.54. The highest BCUT2D eigenvalue weighted by Crippen LogP contribution is 2.23. The van der Waals surface area contributed by atoms with Crippen LogP contribution >= 0.6 is 0 Å². The van der Waals surface area contributed by atoms with E-state index in [1.54, 1.807) is 38.1 Å². The van der Waals surface area contributed by atoms with Gasteiger partial charge in [-0.15, -0.1) is 0 Å². The molecule has 1 atom stereocenters. The van der Waals surface area contributed by atoms with E-state index >= 15 is 0 Å². The van der Waals surface area contributed by atoms with Gasteiger partial charge in [0.2, 0.25) is 5.91 Å². The van der Waals surface area contributed by atoms with Gasteiger partial charge in [0.15, 0.2) is 9.84 Å². The molecule has 1 aliphatic heterocycles. The van der Waals surface area contributed by atoms with Crippen molar-refractivity contribution < 1.29 is 13.2 Å². The van der Waals surface area contributed by atoms with Crippen molar-refractivity contribution in [3.8, 4) is 0 Å². The number of benzene rings is 1. The van der Waals surface area contributed by atoms with Crippen LogP contribution in [0.25, 0.3) is 0 Å². The zero-order chi connectivity index (χ0) is 15.5. The number of carbonyl (C=O) groups is 1. The smallest absolute Gasteiger partial charge is 0.244 e. The summed E-state index contributed by atoms with van der Waals surface area (Å²) in [5.41, 5.74) is 0.499. The molecule has 2 rings (SSSR count). The van der Waals surface area contributed by atoms with Crippen molar-refractivity contribution in [3.05, 3.63) is 24.3 Å². The summed E-state index contributed by atoms with van der Waals surface area (Å²) in [6.45, 7) is 4.97. The highest BCUT2D eigenvalue weighted by atomic mass is 32.2. The number of rotatable bonds is 5. The summed E-state index contributed by atoms with van der Waals surface area (Å²) in [7, 11) is -3.31. The maximum absolute atomic E-state index is 12.3. The Labute approximate surface area is 126 Å². The first-order valence-electron chi connectivity index (χ1n) is 7.33. The van der Waals surface area contributed by atoms with Crippen LogP contribution in [0.15, 0.2) is 29.2 Å². The lowest BCUT2D eigenvalue weighted by molar-refractivity contribution is -0.130. The molecular weight excluding hydrogens is 288 g/mol. The highest BCUT2D eigenvalue weighted by molar-refractivity contribution is 7.91. The molecule has 1 heterocycles. The first-order valence-corrected chi connectivity index (χ1v) is 8.98. The van der Waals surface area contributed by atoms with Gasteiger partial charge in [-0.25, -0.2) is 8.42 Å². The molecule has 6 heteroatoms. The molecule has 0 bridgehead atoms. The lowest BCUT2D eigenvalue weighted by atomic mass is 10.2. The van der Waals surface area contributed by atoms with Gasteiger partial charge in [-0.2, -0.15) is 0 Å². The Morgan fingerprint density at radius 1 is 1.29 bits per heavy atom. The average Bonchev–Trinajstić information content (AvgIpc) is 3.01. The van der Waals surface area contributed by atoms with E-state index in [0.717, 1.165) is 25.9 Å². The SMILES string of the molecule is CCS(=O)(=O)c1ccccc1NC(C)C(=O)N1CCCC1. The number of carbonyl (C=O) groups excluding carboxylic acids is 1. The second kappa shape index (κ2) is 6.47. The van der Waals surface area contributed by atoms with Crippen LogP contribution in [0, 0.1) is 0 Å². The molecule has 1 aliphatic rings. The molecular formula is C15H22N2O3S. The lowest BCUT2D eigenvalue weighted by Gasteiger charge is -2.22. The Balaban J connectivity index is 2.18. The summed E-state index contributed by atoms with van der Waals surface area (Å²) < 4.78 is 24.2. The van der Waals surface area contributed by atoms with Crippen LogP contribution in [0.1, 0.15) is 26.7 Å². The van der Waals surface area contributed by atoms with Crippen LogP contribution < -0.4 is 5.32 Å². The second-order valence-electron chi connectivity index (χ2n) is 5.30. The zero-order valence-electron chi connectivity index (χ0n) is 12.5. The van der Waals surface area contributed by atoms with Crippen molar-refractivity contribution in [3.63, 3.8) is 0 Å². The first kappa shape index (κ1) is 15.8. The van der Waals surface area contributed by atoms with Gasteiger partial charge in [0.1, 0.15) is 6.04 Å². The third-order valence-electron chi connectivity index (χ3n) is 3.76. The molecule has 1 N–H and O–H groups in total. The summed E-state index contributed by atoms with van der Waals surface area (Å²) in [4.78, 5) is 14.4. The minimum atomic E-state index is -3.31. The highest BCUT2D eigenvalue weighted by Gasteiger charge is 2.24. The normalized spacial score (nSPS) is 16.8. The summed E-state index contributed by atoms with van der Waals surface area (Å²) in [6.07, 6.45) is 2.08. The fraction of sp³-hybridized carbons (Fsp3) is 0.533. The van der Waals surface area contributed by atoms with E-state index in [1.165, 1.54) is 0 Å². The number of anilines is 1. The molecule has 1 fully saturated rings. The van der Waals surface area contributed by atoms with Gasteiger partial charge in [-0.3, -0.25) is 4.79 Å². The molecule has 1 unspecified atom stereocenters. The monoisotopic (exact) mass is 310 g/mol. The standard InChI is InChI=1S/C15H22N2O3S/c1-3-21(19,20)14-9-5-4-8-13(14)16-12(2)15(18)17-10-6-7-11-17/h4-5,8-9,12,16H,3,6-7,10-11H2,1-2H3. The fourth-order valence-corrected chi connectivity index (χ4v) is 3.58. The number of likely N-dealkylation sites (tertiary alicyclic amines) is 1. The Morgan fingerprint density at radius 2 is 1.90 bits per heavy atom. The van der Waals surface area contributed by atoms with E-state index in [4.69, 9.17) is 0 Å². The van der Waals surface area contributed by atoms with Crippen LogP contribution in [0.3, 0.4) is 0 Å². The van der Waals surface area contributed by atoms with Gasteiger partial charge >= 0.3 is 0 Å². The first-order chi connectivity index (χ1) is 9.95. The van der Waals surface area contributed by atoms with Crippen LogP contribution in [-0.4, -0.2) is 44.1 Å². The Bertz CT molecular complexity index is 607. The molecule has 1 aromatic carbocycles. The lowest BCUT2D eigenvalue weighted by Crippen LogP contribution is -2.39. The van der Waals surface area contributed by atoms with E-state index < -0.39 is 15.9 Å². The average molecular weight is 310 g/mol. The summed E-state index contributed by atoms with van der Waals surface area (Å²) in [5, 5.41) is 3.06. The molecule has 0 saturated carbocycles. The van der Waals surface area contributed by atoms with E-state index in [2.05, 4.69) is 5.32 Å². The summed E-state index contributed by atoms with van der Waals surface area (Å²) in [5.74, 6) is 0.0661. The van der Waals surface area contributed by atoms with Gasteiger partial charge in [-0.05, 0) is 31.9 Å². The van der Waals surface area contributed by atoms with E-state index in [0.29, 0.717) is 5.69 Å². The van der Waals surface area contributed by atoms with Crippen molar-refractivity contribution in [2.75, 3.05) is 24.2 Å². The predicted octanol–water partition coefficient (Wildman–Crippen LogP) is 1.90. The molecule has 0 radical (unpaired) electrons. The maximum Gasteiger partial charge on any atom is 0.244 e. The van der Waals surface area contributed by atoms with Crippen molar-refractivity contribution in [2.24, 2.45) is 0 Å². The molecule has 1 saturated heterocycles. The maximum atomic E-state index is 12.3. The Kier molecular flexibility index (Phi) is 4.88.